The number of para-hydroxylation sites is 1. The average Bonchev–Trinajstić information content (AvgIpc) is 2.86. The van der Waals surface area contributed by atoms with E-state index >= 15 is 0 Å². The van der Waals surface area contributed by atoms with Crippen LogP contribution in [0, 0.1) is 0 Å². The van der Waals surface area contributed by atoms with E-state index < -0.39 is 12.1 Å². The summed E-state index contributed by atoms with van der Waals surface area (Å²) in [4.78, 5) is 28.5. The van der Waals surface area contributed by atoms with Gasteiger partial charge < -0.3 is 24.8 Å². The second-order valence-corrected chi connectivity index (χ2v) is 7.58. The molecule has 1 aromatic heterocycles. The molecule has 3 aromatic carbocycles. The number of nitrogens with one attached hydrogen (secondary N) is 3. The molecule has 0 unspecified atom stereocenters. The number of methoxy groups -OCH3 is 2. The maximum Gasteiger partial charge on any atom is 0.327 e. The smallest absolute Gasteiger partial charge is 0.327 e. The summed E-state index contributed by atoms with van der Waals surface area (Å²) in [6.45, 7) is 0. The van der Waals surface area contributed by atoms with Crippen LogP contribution in [-0.2, 0) is 0 Å². The van der Waals surface area contributed by atoms with E-state index in [2.05, 4.69) is 20.9 Å². The number of aromatic nitrogens is 1. The zero-order valence-electron chi connectivity index (χ0n) is 18.8. The van der Waals surface area contributed by atoms with Crippen LogP contribution in [-0.4, -0.2) is 31.3 Å². The van der Waals surface area contributed by atoms with Gasteiger partial charge in [0.1, 0.15) is 11.5 Å². The average molecular weight is 493 g/mol. The Morgan fingerprint density at radius 1 is 0.829 bits per heavy atom. The van der Waals surface area contributed by atoms with Crippen molar-refractivity contribution in [2.24, 2.45) is 0 Å². The maximum atomic E-state index is 12.2. The molecule has 0 aliphatic carbocycles. The third-order valence-corrected chi connectivity index (χ3v) is 5.23. The lowest BCUT2D eigenvalue weighted by Crippen LogP contribution is -2.37. The third kappa shape index (κ3) is 5.71. The molecule has 0 saturated carbocycles. The van der Waals surface area contributed by atoms with Gasteiger partial charge in [0.2, 0.25) is 0 Å². The van der Waals surface area contributed by atoms with Crippen molar-refractivity contribution in [3.8, 4) is 23.0 Å². The number of carbonyl (C=O) groups excluding carboxylic acids is 2. The second-order valence-electron chi connectivity index (χ2n) is 7.17. The van der Waals surface area contributed by atoms with Gasteiger partial charge in [-0.3, -0.25) is 10.3 Å². The molecule has 9 nitrogen and oxygen atoms in total. The Morgan fingerprint density at radius 2 is 1.51 bits per heavy atom. The first-order valence-corrected chi connectivity index (χ1v) is 10.8. The quantitative estimate of drug-likeness (QED) is 0.302. The molecule has 178 valence electrons. The third-order valence-electron chi connectivity index (χ3n) is 4.90. The molecule has 3 N–H and O–H groups in total. The van der Waals surface area contributed by atoms with Crippen LogP contribution in [0.1, 0.15) is 0 Å². The van der Waals surface area contributed by atoms with E-state index in [4.69, 9.17) is 25.8 Å². The molecule has 4 aromatic rings. The Hall–Kier alpha value is -4.50. The van der Waals surface area contributed by atoms with E-state index in [9.17, 15) is 9.59 Å². The van der Waals surface area contributed by atoms with Gasteiger partial charge in [-0.05, 0) is 48.5 Å². The lowest BCUT2D eigenvalue weighted by atomic mass is 10.2. The summed E-state index contributed by atoms with van der Waals surface area (Å²) >= 11 is 6.00. The maximum absolute atomic E-state index is 12.2. The van der Waals surface area contributed by atoms with Gasteiger partial charge in [0.05, 0.1) is 30.4 Å². The van der Waals surface area contributed by atoms with Crippen molar-refractivity contribution in [1.29, 1.82) is 0 Å². The van der Waals surface area contributed by atoms with Crippen LogP contribution in [0.5, 0.6) is 23.0 Å². The molecule has 4 rings (SSSR count). The van der Waals surface area contributed by atoms with E-state index in [0.717, 1.165) is 5.39 Å². The predicted molar refractivity (Wildman–Crippen MR) is 134 cm³/mol. The number of nitrogens with zero attached hydrogens (tertiary/aromatic N) is 1. The molecule has 0 aliphatic rings. The molecule has 0 aliphatic heterocycles. The second kappa shape index (κ2) is 10.6. The number of rotatable bonds is 6. The number of urea groups is 2. The van der Waals surface area contributed by atoms with E-state index in [1.54, 1.807) is 87.1 Å². The summed E-state index contributed by atoms with van der Waals surface area (Å²) in [6, 6.07) is 17.3. The minimum Gasteiger partial charge on any atom is -0.493 e. The number of fused-ring (bicyclic) bond motifs is 1. The number of imide groups is 1. The summed E-state index contributed by atoms with van der Waals surface area (Å²) in [5, 5.41) is 8.38. The molecule has 35 heavy (non-hydrogen) atoms. The van der Waals surface area contributed by atoms with E-state index in [-0.39, 0.29) is 0 Å². The molecule has 10 heteroatoms. The highest BCUT2D eigenvalue weighted by Gasteiger charge is 2.12. The van der Waals surface area contributed by atoms with Crippen LogP contribution >= 0.6 is 11.6 Å². The molecule has 0 radical (unpaired) electrons. The number of pyridine rings is 1. The molecule has 0 saturated heterocycles. The number of amides is 4. The van der Waals surface area contributed by atoms with Crippen molar-refractivity contribution in [3.05, 3.63) is 77.9 Å². The molecule has 0 spiro atoms. The zero-order valence-corrected chi connectivity index (χ0v) is 19.6. The minimum atomic E-state index is -0.716. The fourth-order valence-corrected chi connectivity index (χ4v) is 3.43. The topological polar surface area (TPSA) is 111 Å². The van der Waals surface area contributed by atoms with Gasteiger partial charge in [0.15, 0.2) is 11.5 Å². The number of carbonyl (C=O) groups is 2. The summed E-state index contributed by atoms with van der Waals surface area (Å²) in [7, 11) is 3.12. The van der Waals surface area contributed by atoms with Gasteiger partial charge in [-0.25, -0.2) is 9.59 Å². The van der Waals surface area contributed by atoms with E-state index in [1.807, 2.05) is 0 Å². The first-order chi connectivity index (χ1) is 17.0. The summed E-state index contributed by atoms with van der Waals surface area (Å²) < 4.78 is 16.7. The Morgan fingerprint density at radius 3 is 2.23 bits per heavy atom. The van der Waals surface area contributed by atoms with Crippen LogP contribution in [0.2, 0.25) is 5.02 Å². The Kier molecular flexibility index (Phi) is 7.18. The predicted octanol–water partition coefficient (Wildman–Crippen LogP) is 6.05. The summed E-state index contributed by atoms with van der Waals surface area (Å²) in [5.41, 5.74) is 1.54. The van der Waals surface area contributed by atoms with Crippen LogP contribution in [0.3, 0.4) is 0 Å². The monoisotopic (exact) mass is 492 g/mol. The highest BCUT2D eigenvalue weighted by atomic mass is 35.5. The van der Waals surface area contributed by atoms with Crippen LogP contribution in [0.15, 0.2) is 72.9 Å². The highest BCUT2D eigenvalue weighted by Crippen LogP contribution is 2.37. The number of ether oxygens (including phenoxy) is 3. The van der Waals surface area contributed by atoms with Crippen LogP contribution < -0.4 is 30.2 Å². The zero-order chi connectivity index (χ0) is 24.8. The van der Waals surface area contributed by atoms with Crippen molar-refractivity contribution >= 4 is 45.9 Å². The van der Waals surface area contributed by atoms with Crippen molar-refractivity contribution in [3.63, 3.8) is 0 Å². The van der Waals surface area contributed by atoms with Gasteiger partial charge in [0, 0.05) is 23.3 Å². The molecule has 1 heterocycles. The standard InChI is InChI=1S/C25H21ClN4O5/c1-33-22-13-17-20(14-23(22)34-2)27-12-11-21(17)35-16-9-7-15(8-10-16)28-24(31)30-25(32)29-19-6-4-3-5-18(19)26/h3-14H,1-2H3,(H3,28,29,30,31,32). The molecular formula is C25H21ClN4O5. The van der Waals surface area contributed by atoms with Crippen molar-refractivity contribution in [2.45, 2.75) is 0 Å². The molecule has 4 amide bonds. The lowest BCUT2D eigenvalue weighted by Gasteiger charge is -2.13. The summed E-state index contributed by atoms with van der Waals surface area (Å²) in [5.74, 6) is 2.24. The van der Waals surface area contributed by atoms with Crippen LogP contribution in [0.25, 0.3) is 10.9 Å². The van der Waals surface area contributed by atoms with Crippen molar-refractivity contribution in [2.75, 3.05) is 24.9 Å². The van der Waals surface area contributed by atoms with E-state index in [0.29, 0.717) is 44.9 Å². The Bertz CT molecular complexity index is 1380. The Balaban J connectivity index is 1.40. The number of hydrogen-bond acceptors (Lipinski definition) is 6. The van der Waals surface area contributed by atoms with Crippen molar-refractivity contribution < 1.29 is 23.8 Å². The SMILES string of the molecule is COc1cc2nccc(Oc3ccc(NC(=O)NC(=O)Nc4ccccc4Cl)cc3)c2cc1OC. The first kappa shape index (κ1) is 23.7. The number of hydrogen-bond donors (Lipinski definition) is 3. The van der Waals surface area contributed by atoms with Crippen molar-refractivity contribution in [1.82, 2.24) is 10.3 Å². The summed E-state index contributed by atoms with van der Waals surface area (Å²) in [6.07, 6.45) is 1.64. The van der Waals surface area contributed by atoms with E-state index in [1.165, 1.54) is 0 Å². The molecule has 0 fully saturated rings. The van der Waals surface area contributed by atoms with Gasteiger partial charge in [-0.2, -0.15) is 0 Å². The minimum absolute atomic E-state index is 0.359. The largest absolute Gasteiger partial charge is 0.493 e. The molecule has 0 bridgehead atoms. The Labute approximate surface area is 206 Å². The first-order valence-electron chi connectivity index (χ1n) is 10.4. The molecule has 0 atom stereocenters. The van der Waals surface area contributed by atoms with Gasteiger partial charge in [-0.1, -0.05) is 23.7 Å². The fourth-order valence-electron chi connectivity index (χ4n) is 3.25. The van der Waals surface area contributed by atoms with Gasteiger partial charge >= 0.3 is 12.1 Å². The number of benzene rings is 3. The number of anilines is 2. The number of halogens is 1. The fraction of sp³-hybridized carbons (Fsp3) is 0.0800. The van der Waals surface area contributed by atoms with Gasteiger partial charge in [-0.15, -0.1) is 0 Å². The molecular weight excluding hydrogens is 472 g/mol. The normalized spacial score (nSPS) is 10.4. The van der Waals surface area contributed by atoms with Gasteiger partial charge in [0.25, 0.3) is 0 Å². The lowest BCUT2D eigenvalue weighted by molar-refractivity contribution is 0.240. The van der Waals surface area contributed by atoms with Crippen LogP contribution in [0.4, 0.5) is 21.0 Å². The highest BCUT2D eigenvalue weighted by molar-refractivity contribution is 6.33.